The Morgan fingerprint density at radius 1 is 0.963 bits per heavy atom. The third-order valence-electron chi connectivity index (χ3n) is 4.73. The molecular formula is C24H25NO2. The van der Waals surface area contributed by atoms with Crippen molar-refractivity contribution in [1.29, 1.82) is 0 Å². The van der Waals surface area contributed by atoms with Crippen LogP contribution in [0.2, 0.25) is 0 Å². The molecule has 138 valence electrons. The Kier molecular flexibility index (Phi) is 6.26. The van der Waals surface area contributed by atoms with Gasteiger partial charge in [-0.05, 0) is 30.5 Å². The molecule has 3 nitrogen and oxygen atoms in total. The number of phenols is 1. The molecule has 2 N–H and O–H groups in total. The number of hydrogen-bond acceptors (Lipinski definition) is 2. The lowest BCUT2D eigenvalue weighted by Crippen LogP contribution is -2.27. The third kappa shape index (κ3) is 5.20. The van der Waals surface area contributed by atoms with Crippen LogP contribution in [-0.2, 0) is 11.2 Å². The number of aryl methyl sites for hydroxylation is 1. The van der Waals surface area contributed by atoms with E-state index in [4.69, 9.17) is 0 Å². The fourth-order valence-electron chi connectivity index (χ4n) is 3.29. The molecule has 1 amide bonds. The van der Waals surface area contributed by atoms with Crippen LogP contribution in [0.15, 0.2) is 78.9 Å². The summed E-state index contributed by atoms with van der Waals surface area (Å²) < 4.78 is 0. The number of benzene rings is 3. The lowest BCUT2D eigenvalue weighted by molar-refractivity contribution is -0.121. The van der Waals surface area contributed by atoms with Gasteiger partial charge in [0.15, 0.2) is 0 Å². The number of carbonyl (C=O) groups excluding carboxylic acids is 1. The van der Waals surface area contributed by atoms with Gasteiger partial charge >= 0.3 is 0 Å². The molecule has 27 heavy (non-hydrogen) atoms. The van der Waals surface area contributed by atoms with Crippen molar-refractivity contribution in [1.82, 2.24) is 5.32 Å². The van der Waals surface area contributed by atoms with E-state index in [0.29, 0.717) is 13.0 Å². The van der Waals surface area contributed by atoms with Gasteiger partial charge in [0, 0.05) is 24.4 Å². The fourth-order valence-corrected chi connectivity index (χ4v) is 3.29. The van der Waals surface area contributed by atoms with Crippen LogP contribution in [-0.4, -0.2) is 17.6 Å². The molecule has 1 atom stereocenters. The van der Waals surface area contributed by atoms with E-state index >= 15 is 0 Å². The Balaban J connectivity index is 1.72. The molecule has 3 heteroatoms. The highest BCUT2D eigenvalue weighted by molar-refractivity contribution is 5.77. The van der Waals surface area contributed by atoms with E-state index in [2.05, 4.69) is 17.4 Å². The lowest BCUT2D eigenvalue weighted by atomic mass is 9.87. The fraction of sp³-hybridized carbons (Fsp3) is 0.208. The third-order valence-corrected chi connectivity index (χ3v) is 4.73. The van der Waals surface area contributed by atoms with Crippen molar-refractivity contribution >= 4 is 5.91 Å². The smallest absolute Gasteiger partial charge is 0.220 e. The van der Waals surface area contributed by atoms with Crippen molar-refractivity contribution in [3.63, 3.8) is 0 Å². The van der Waals surface area contributed by atoms with Gasteiger partial charge in [-0.1, -0.05) is 78.4 Å². The summed E-state index contributed by atoms with van der Waals surface area (Å²) in [6.45, 7) is 2.59. The quantitative estimate of drug-likeness (QED) is 0.649. The molecule has 0 saturated heterocycles. The molecule has 3 rings (SSSR count). The zero-order valence-corrected chi connectivity index (χ0v) is 15.6. The number of carbonyl (C=O) groups is 1. The SMILES string of the molecule is Cc1ccc(O)c(C(CC(=O)NCCc2ccccc2)c2ccccc2)c1. The molecule has 0 radical (unpaired) electrons. The predicted octanol–water partition coefficient (Wildman–Crippen LogP) is 4.58. The summed E-state index contributed by atoms with van der Waals surface area (Å²) in [4.78, 5) is 12.6. The summed E-state index contributed by atoms with van der Waals surface area (Å²) in [5.74, 6) is 0.0371. The van der Waals surface area contributed by atoms with Gasteiger partial charge in [-0.25, -0.2) is 0 Å². The van der Waals surface area contributed by atoms with E-state index < -0.39 is 0 Å². The van der Waals surface area contributed by atoms with Crippen LogP contribution in [0.3, 0.4) is 0 Å². The topological polar surface area (TPSA) is 49.3 Å². The lowest BCUT2D eigenvalue weighted by Gasteiger charge is -2.19. The summed E-state index contributed by atoms with van der Waals surface area (Å²) in [7, 11) is 0. The Bertz CT molecular complexity index is 875. The van der Waals surface area contributed by atoms with E-state index in [1.807, 2.05) is 67.6 Å². The summed E-state index contributed by atoms with van der Waals surface area (Å²) >= 11 is 0. The molecule has 3 aromatic rings. The predicted molar refractivity (Wildman–Crippen MR) is 109 cm³/mol. The van der Waals surface area contributed by atoms with E-state index in [0.717, 1.165) is 23.1 Å². The number of rotatable bonds is 7. The van der Waals surface area contributed by atoms with Crippen molar-refractivity contribution in [2.45, 2.75) is 25.7 Å². The van der Waals surface area contributed by atoms with Gasteiger partial charge in [-0.3, -0.25) is 4.79 Å². The first-order chi connectivity index (χ1) is 13.1. The second-order valence-electron chi connectivity index (χ2n) is 6.82. The molecule has 0 aromatic heterocycles. The van der Waals surface area contributed by atoms with Gasteiger partial charge < -0.3 is 10.4 Å². The molecule has 0 saturated carbocycles. The molecule has 1 unspecified atom stereocenters. The highest BCUT2D eigenvalue weighted by atomic mass is 16.3. The Morgan fingerprint density at radius 2 is 1.63 bits per heavy atom. The minimum absolute atomic E-state index is 0.0132. The number of hydrogen-bond donors (Lipinski definition) is 2. The van der Waals surface area contributed by atoms with Crippen molar-refractivity contribution in [3.8, 4) is 5.75 Å². The van der Waals surface area contributed by atoms with Crippen LogP contribution < -0.4 is 5.32 Å². The molecule has 3 aromatic carbocycles. The van der Waals surface area contributed by atoms with Crippen molar-refractivity contribution in [2.75, 3.05) is 6.54 Å². The Labute approximate surface area is 160 Å². The molecule has 0 fully saturated rings. The molecule has 0 aliphatic carbocycles. The van der Waals surface area contributed by atoms with E-state index in [1.54, 1.807) is 6.07 Å². The molecule has 0 spiro atoms. The molecule has 0 aliphatic rings. The summed E-state index contributed by atoms with van der Waals surface area (Å²) in [6, 6.07) is 25.5. The number of phenolic OH excluding ortho intramolecular Hbond substituents is 1. The van der Waals surface area contributed by atoms with Crippen LogP contribution in [0.4, 0.5) is 0 Å². The van der Waals surface area contributed by atoms with Gasteiger partial charge in [0.25, 0.3) is 0 Å². The minimum Gasteiger partial charge on any atom is -0.508 e. The van der Waals surface area contributed by atoms with Crippen LogP contribution in [0.1, 0.15) is 34.6 Å². The van der Waals surface area contributed by atoms with Gasteiger partial charge in [-0.15, -0.1) is 0 Å². The van der Waals surface area contributed by atoms with Crippen molar-refractivity contribution < 1.29 is 9.90 Å². The number of nitrogens with one attached hydrogen (secondary N) is 1. The summed E-state index contributed by atoms with van der Waals surface area (Å²) in [6.07, 6.45) is 1.11. The van der Waals surface area contributed by atoms with Crippen LogP contribution in [0.5, 0.6) is 5.75 Å². The highest BCUT2D eigenvalue weighted by Crippen LogP contribution is 2.34. The zero-order valence-electron chi connectivity index (χ0n) is 15.6. The van der Waals surface area contributed by atoms with Crippen LogP contribution in [0, 0.1) is 6.92 Å². The van der Waals surface area contributed by atoms with Crippen molar-refractivity contribution in [3.05, 3.63) is 101 Å². The minimum atomic E-state index is -0.178. The van der Waals surface area contributed by atoms with Gasteiger partial charge in [0.1, 0.15) is 5.75 Å². The second kappa shape index (κ2) is 9.04. The summed E-state index contributed by atoms with van der Waals surface area (Å²) in [5.41, 5.74) is 4.08. The maximum absolute atomic E-state index is 12.6. The largest absolute Gasteiger partial charge is 0.508 e. The first kappa shape index (κ1) is 18.7. The molecule has 0 aliphatic heterocycles. The highest BCUT2D eigenvalue weighted by Gasteiger charge is 2.21. The van der Waals surface area contributed by atoms with Gasteiger partial charge in [-0.2, -0.15) is 0 Å². The number of aromatic hydroxyl groups is 1. The van der Waals surface area contributed by atoms with E-state index in [1.165, 1.54) is 5.56 Å². The van der Waals surface area contributed by atoms with Crippen molar-refractivity contribution in [2.24, 2.45) is 0 Å². The molecular weight excluding hydrogens is 334 g/mol. The standard InChI is InChI=1S/C24H25NO2/c1-18-12-13-23(26)22(16-18)21(20-10-6-3-7-11-20)17-24(27)25-15-14-19-8-4-2-5-9-19/h2-13,16,21,26H,14-15,17H2,1H3,(H,25,27). The maximum atomic E-state index is 12.6. The number of amides is 1. The van der Waals surface area contributed by atoms with Gasteiger partial charge in [0.2, 0.25) is 5.91 Å². The molecule has 0 bridgehead atoms. The normalized spacial score (nSPS) is 11.7. The average molecular weight is 359 g/mol. The van der Waals surface area contributed by atoms with E-state index in [-0.39, 0.29) is 17.6 Å². The van der Waals surface area contributed by atoms with Gasteiger partial charge in [0.05, 0.1) is 0 Å². The summed E-state index contributed by atoms with van der Waals surface area (Å²) in [5, 5.41) is 13.4. The zero-order chi connectivity index (χ0) is 19.1. The monoisotopic (exact) mass is 359 g/mol. The Hall–Kier alpha value is -3.07. The maximum Gasteiger partial charge on any atom is 0.220 e. The van der Waals surface area contributed by atoms with E-state index in [9.17, 15) is 9.90 Å². The Morgan fingerprint density at radius 3 is 2.33 bits per heavy atom. The molecule has 0 heterocycles. The van der Waals surface area contributed by atoms with Crippen LogP contribution >= 0.6 is 0 Å². The first-order valence-corrected chi connectivity index (χ1v) is 9.28. The van der Waals surface area contributed by atoms with Crippen LogP contribution in [0.25, 0.3) is 0 Å². The average Bonchev–Trinajstić information content (AvgIpc) is 2.70. The second-order valence-corrected chi connectivity index (χ2v) is 6.82. The first-order valence-electron chi connectivity index (χ1n) is 9.28.